The summed E-state index contributed by atoms with van der Waals surface area (Å²) in [5.74, 6) is -2.13. The van der Waals surface area contributed by atoms with Gasteiger partial charge in [-0.15, -0.1) is 0 Å². The molecule has 1 aliphatic carbocycles. The molecule has 8 heteroatoms. The van der Waals surface area contributed by atoms with Gasteiger partial charge in [0.25, 0.3) is 5.91 Å². The Kier molecular flexibility index (Phi) is 5.63. The van der Waals surface area contributed by atoms with Gasteiger partial charge >= 0.3 is 12.6 Å². The SMILES string of the molecule is O=C(OC(C(=O)NC1CC1)c1ccc(F)cc1)c1cccc(OC(F)F)c1. The largest absolute Gasteiger partial charge is 0.444 e. The maximum atomic E-state index is 13.2. The first-order valence-corrected chi connectivity index (χ1v) is 8.24. The molecule has 5 nitrogen and oxygen atoms in total. The molecule has 3 rings (SSSR count). The highest BCUT2D eigenvalue weighted by Crippen LogP contribution is 2.25. The lowest BCUT2D eigenvalue weighted by Gasteiger charge is -2.18. The van der Waals surface area contributed by atoms with E-state index < -0.39 is 30.4 Å². The minimum atomic E-state index is -3.03. The molecule has 1 aliphatic rings. The van der Waals surface area contributed by atoms with E-state index in [1.54, 1.807) is 0 Å². The van der Waals surface area contributed by atoms with Crippen LogP contribution in [-0.2, 0) is 9.53 Å². The second-order valence-corrected chi connectivity index (χ2v) is 6.03. The highest BCUT2D eigenvalue weighted by Gasteiger charge is 2.31. The molecule has 1 amide bonds. The summed E-state index contributed by atoms with van der Waals surface area (Å²) in [6, 6.07) is 10.1. The van der Waals surface area contributed by atoms with Crippen molar-refractivity contribution in [1.82, 2.24) is 5.32 Å². The number of rotatable bonds is 7. The molecule has 0 heterocycles. The third-order valence-corrected chi connectivity index (χ3v) is 3.85. The van der Waals surface area contributed by atoms with E-state index in [1.807, 2.05) is 0 Å². The van der Waals surface area contributed by atoms with E-state index in [0.29, 0.717) is 5.56 Å². The van der Waals surface area contributed by atoms with Crippen LogP contribution >= 0.6 is 0 Å². The fourth-order valence-electron chi connectivity index (χ4n) is 2.39. The predicted molar refractivity (Wildman–Crippen MR) is 88.8 cm³/mol. The number of hydrogen-bond donors (Lipinski definition) is 1. The average Bonchev–Trinajstić information content (AvgIpc) is 3.44. The van der Waals surface area contributed by atoms with Gasteiger partial charge in [0.1, 0.15) is 11.6 Å². The fourth-order valence-corrected chi connectivity index (χ4v) is 2.39. The van der Waals surface area contributed by atoms with E-state index in [9.17, 15) is 22.8 Å². The van der Waals surface area contributed by atoms with Gasteiger partial charge in [-0.25, -0.2) is 9.18 Å². The highest BCUT2D eigenvalue weighted by atomic mass is 19.3. The van der Waals surface area contributed by atoms with Gasteiger partial charge < -0.3 is 14.8 Å². The number of benzene rings is 2. The summed E-state index contributed by atoms with van der Waals surface area (Å²) in [5.41, 5.74) is 0.238. The average molecular weight is 379 g/mol. The Bertz CT molecular complexity index is 822. The molecule has 2 aromatic carbocycles. The molecular formula is C19H16F3NO4. The van der Waals surface area contributed by atoms with Crippen molar-refractivity contribution in [2.75, 3.05) is 0 Å². The molecule has 1 atom stereocenters. The van der Waals surface area contributed by atoms with Crippen LogP contribution < -0.4 is 10.1 Å². The predicted octanol–water partition coefficient (Wildman–Crippen LogP) is 3.60. The molecule has 0 bridgehead atoms. The lowest BCUT2D eigenvalue weighted by molar-refractivity contribution is -0.130. The summed E-state index contributed by atoms with van der Waals surface area (Å²) < 4.78 is 47.4. The van der Waals surface area contributed by atoms with Crippen LogP contribution in [0, 0.1) is 5.82 Å². The summed E-state index contributed by atoms with van der Waals surface area (Å²) in [5, 5.41) is 2.73. The number of alkyl halides is 2. The number of ether oxygens (including phenoxy) is 2. The van der Waals surface area contributed by atoms with Crippen LogP contribution in [0.5, 0.6) is 5.75 Å². The van der Waals surface area contributed by atoms with Crippen LogP contribution in [0.15, 0.2) is 48.5 Å². The Labute approximate surface area is 153 Å². The zero-order valence-electron chi connectivity index (χ0n) is 14.0. The van der Waals surface area contributed by atoms with E-state index in [-0.39, 0.29) is 17.4 Å². The number of esters is 1. The second-order valence-electron chi connectivity index (χ2n) is 6.03. The van der Waals surface area contributed by atoms with Crippen LogP contribution in [0.2, 0.25) is 0 Å². The fraction of sp³-hybridized carbons (Fsp3) is 0.263. The number of carbonyl (C=O) groups excluding carboxylic acids is 2. The second kappa shape index (κ2) is 8.11. The molecule has 0 radical (unpaired) electrons. The summed E-state index contributed by atoms with van der Waals surface area (Å²) in [4.78, 5) is 24.9. The molecule has 27 heavy (non-hydrogen) atoms. The van der Waals surface area contributed by atoms with Gasteiger partial charge in [-0.1, -0.05) is 18.2 Å². The Balaban J connectivity index is 1.79. The normalized spacial score (nSPS) is 14.5. The molecule has 0 aromatic heterocycles. The molecule has 1 saturated carbocycles. The Hall–Kier alpha value is -3.03. The van der Waals surface area contributed by atoms with Gasteiger partial charge in [-0.05, 0) is 43.2 Å². The number of nitrogens with one attached hydrogen (secondary N) is 1. The molecule has 1 fully saturated rings. The Morgan fingerprint density at radius 2 is 1.78 bits per heavy atom. The lowest BCUT2D eigenvalue weighted by Crippen LogP contribution is -2.33. The smallest absolute Gasteiger partial charge is 0.387 e. The number of halogens is 3. The molecule has 142 valence electrons. The van der Waals surface area contributed by atoms with E-state index >= 15 is 0 Å². The number of hydrogen-bond acceptors (Lipinski definition) is 4. The molecule has 0 aliphatic heterocycles. The Morgan fingerprint density at radius 3 is 2.41 bits per heavy atom. The van der Waals surface area contributed by atoms with Crippen molar-refractivity contribution >= 4 is 11.9 Å². The highest BCUT2D eigenvalue weighted by molar-refractivity contribution is 5.93. The van der Waals surface area contributed by atoms with Crippen molar-refractivity contribution in [1.29, 1.82) is 0 Å². The first kappa shape index (κ1) is 18.8. The van der Waals surface area contributed by atoms with Gasteiger partial charge in [0.05, 0.1) is 5.56 Å². The van der Waals surface area contributed by atoms with Crippen LogP contribution in [0.4, 0.5) is 13.2 Å². The van der Waals surface area contributed by atoms with E-state index in [0.717, 1.165) is 31.0 Å². The van der Waals surface area contributed by atoms with Gasteiger partial charge in [-0.3, -0.25) is 4.79 Å². The summed E-state index contributed by atoms with van der Waals surface area (Å²) >= 11 is 0. The molecule has 0 spiro atoms. The van der Waals surface area contributed by atoms with Gasteiger partial charge in [0, 0.05) is 11.6 Å². The van der Waals surface area contributed by atoms with Crippen LogP contribution in [-0.4, -0.2) is 24.5 Å². The van der Waals surface area contributed by atoms with E-state index in [1.165, 1.54) is 30.3 Å². The minimum Gasteiger partial charge on any atom is -0.444 e. The number of amides is 1. The first-order valence-electron chi connectivity index (χ1n) is 8.24. The first-order chi connectivity index (χ1) is 12.9. The lowest BCUT2D eigenvalue weighted by atomic mass is 10.1. The molecule has 1 N–H and O–H groups in total. The van der Waals surface area contributed by atoms with Crippen molar-refractivity contribution in [3.8, 4) is 5.75 Å². The molecule has 1 unspecified atom stereocenters. The van der Waals surface area contributed by atoms with Crippen molar-refractivity contribution in [3.05, 3.63) is 65.5 Å². The molecular weight excluding hydrogens is 363 g/mol. The molecule has 0 saturated heterocycles. The van der Waals surface area contributed by atoms with E-state index in [2.05, 4.69) is 10.1 Å². The van der Waals surface area contributed by atoms with Gasteiger partial charge in [-0.2, -0.15) is 8.78 Å². The third kappa shape index (κ3) is 5.22. The van der Waals surface area contributed by atoms with Crippen LogP contribution in [0.1, 0.15) is 34.9 Å². The Morgan fingerprint density at radius 1 is 1.07 bits per heavy atom. The maximum Gasteiger partial charge on any atom is 0.387 e. The van der Waals surface area contributed by atoms with Gasteiger partial charge in [0.15, 0.2) is 0 Å². The summed E-state index contributed by atoms with van der Waals surface area (Å²) in [6.07, 6.45) is 0.379. The number of carbonyl (C=O) groups is 2. The van der Waals surface area contributed by atoms with Crippen molar-refractivity contribution in [2.45, 2.75) is 31.6 Å². The zero-order chi connectivity index (χ0) is 19.4. The summed E-state index contributed by atoms with van der Waals surface area (Å²) in [7, 11) is 0. The van der Waals surface area contributed by atoms with Crippen molar-refractivity contribution < 1.29 is 32.2 Å². The van der Waals surface area contributed by atoms with Gasteiger partial charge in [0.2, 0.25) is 6.10 Å². The van der Waals surface area contributed by atoms with E-state index in [4.69, 9.17) is 4.74 Å². The standard InChI is InChI=1S/C19H16F3NO4/c20-13-6-4-11(5-7-13)16(17(24)23-14-8-9-14)27-18(25)12-2-1-3-15(10-12)26-19(21)22/h1-7,10,14,16,19H,8-9H2,(H,23,24). The monoisotopic (exact) mass is 379 g/mol. The third-order valence-electron chi connectivity index (χ3n) is 3.85. The van der Waals surface area contributed by atoms with Crippen LogP contribution in [0.3, 0.4) is 0 Å². The van der Waals surface area contributed by atoms with Crippen molar-refractivity contribution in [2.24, 2.45) is 0 Å². The zero-order valence-corrected chi connectivity index (χ0v) is 14.0. The quantitative estimate of drug-likeness (QED) is 0.747. The summed E-state index contributed by atoms with van der Waals surface area (Å²) in [6.45, 7) is -3.03. The van der Waals surface area contributed by atoms with Crippen LogP contribution in [0.25, 0.3) is 0 Å². The topological polar surface area (TPSA) is 64.6 Å². The maximum absolute atomic E-state index is 13.2. The van der Waals surface area contributed by atoms with Crippen molar-refractivity contribution in [3.63, 3.8) is 0 Å². The minimum absolute atomic E-state index is 0.0296. The molecule has 2 aromatic rings.